The van der Waals surface area contributed by atoms with Gasteiger partial charge in [-0.2, -0.15) is 0 Å². The number of primary sulfonamides is 1. The number of aromatic nitrogens is 1. The SMILES string of the molecule is NS(=O)(=O)c1ccc(CNC(=O)CNc2nc3ccc(OC(F)(F)F)cc3s2)cc1. The summed E-state index contributed by atoms with van der Waals surface area (Å²) in [5, 5.41) is 10.8. The number of amides is 1. The second-order valence-corrected chi connectivity index (χ2v) is 8.61. The maximum absolute atomic E-state index is 12.3. The van der Waals surface area contributed by atoms with Crippen LogP contribution in [0.5, 0.6) is 5.75 Å². The fourth-order valence-corrected chi connectivity index (χ4v) is 3.80. The van der Waals surface area contributed by atoms with E-state index < -0.39 is 16.4 Å². The maximum Gasteiger partial charge on any atom is 0.573 e. The van der Waals surface area contributed by atoms with Gasteiger partial charge < -0.3 is 15.4 Å². The Bertz CT molecular complexity index is 1160. The van der Waals surface area contributed by atoms with Gasteiger partial charge in [-0.15, -0.1) is 13.2 Å². The van der Waals surface area contributed by atoms with E-state index in [9.17, 15) is 26.4 Å². The number of fused-ring (bicyclic) bond motifs is 1. The molecular formula is C17H15F3N4O4S2. The highest BCUT2D eigenvalue weighted by Crippen LogP contribution is 2.31. The third kappa shape index (κ3) is 6.05. The molecule has 1 amide bonds. The van der Waals surface area contributed by atoms with Crippen LogP contribution in [0.2, 0.25) is 0 Å². The van der Waals surface area contributed by atoms with E-state index in [0.29, 0.717) is 20.9 Å². The van der Waals surface area contributed by atoms with E-state index in [1.54, 1.807) is 0 Å². The molecule has 0 unspecified atom stereocenters. The second-order valence-electron chi connectivity index (χ2n) is 6.02. The van der Waals surface area contributed by atoms with Crippen molar-refractivity contribution in [2.24, 2.45) is 5.14 Å². The van der Waals surface area contributed by atoms with E-state index in [1.807, 2.05) is 0 Å². The highest BCUT2D eigenvalue weighted by atomic mass is 32.2. The Hall–Kier alpha value is -2.90. The molecule has 0 saturated carbocycles. The number of anilines is 1. The number of hydrogen-bond donors (Lipinski definition) is 3. The summed E-state index contributed by atoms with van der Waals surface area (Å²) in [5.41, 5.74) is 1.14. The average Bonchev–Trinajstić information content (AvgIpc) is 3.05. The van der Waals surface area contributed by atoms with Crippen LogP contribution < -0.4 is 20.5 Å². The summed E-state index contributed by atoms with van der Waals surface area (Å²) in [5.74, 6) is -0.706. The molecule has 0 bridgehead atoms. The Kier molecular flexibility index (Phi) is 6.14. The first-order chi connectivity index (χ1) is 14.0. The average molecular weight is 460 g/mol. The molecular weight excluding hydrogens is 445 g/mol. The molecule has 3 rings (SSSR count). The van der Waals surface area contributed by atoms with E-state index in [4.69, 9.17) is 5.14 Å². The zero-order valence-electron chi connectivity index (χ0n) is 15.1. The number of carbonyl (C=O) groups is 1. The zero-order chi connectivity index (χ0) is 21.9. The lowest BCUT2D eigenvalue weighted by atomic mass is 10.2. The quantitative estimate of drug-likeness (QED) is 0.498. The molecule has 1 heterocycles. The van der Waals surface area contributed by atoms with Crippen molar-refractivity contribution < 1.29 is 31.1 Å². The predicted octanol–water partition coefficient (Wildman–Crippen LogP) is 2.57. The summed E-state index contributed by atoms with van der Waals surface area (Å²) in [4.78, 5) is 16.2. The number of carbonyl (C=O) groups excluding carboxylic acids is 1. The van der Waals surface area contributed by atoms with Gasteiger partial charge in [0.2, 0.25) is 15.9 Å². The van der Waals surface area contributed by atoms with E-state index >= 15 is 0 Å². The first kappa shape index (κ1) is 21.8. The monoisotopic (exact) mass is 460 g/mol. The molecule has 160 valence electrons. The minimum absolute atomic E-state index is 0.0288. The van der Waals surface area contributed by atoms with Crippen molar-refractivity contribution in [3.63, 3.8) is 0 Å². The minimum atomic E-state index is -4.78. The van der Waals surface area contributed by atoms with Crippen molar-refractivity contribution in [3.8, 4) is 5.75 Å². The van der Waals surface area contributed by atoms with Gasteiger partial charge in [-0.3, -0.25) is 4.79 Å². The van der Waals surface area contributed by atoms with Crippen LogP contribution in [0.15, 0.2) is 47.4 Å². The lowest BCUT2D eigenvalue weighted by molar-refractivity contribution is -0.274. The number of nitrogens with zero attached hydrogens (tertiary/aromatic N) is 1. The van der Waals surface area contributed by atoms with Crippen LogP contribution in [0.3, 0.4) is 0 Å². The molecule has 0 spiro atoms. The first-order valence-corrected chi connectivity index (χ1v) is 10.6. The number of alkyl halides is 3. The fraction of sp³-hybridized carbons (Fsp3) is 0.176. The summed E-state index contributed by atoms with van der Waals surface area (Å²) in [6.45, 7) is 0.0599. The Morgan fingerprint density at radius 3 is 2.50 bits per heavy atom. The molecule has 0 aliphatic heterocycles. The predicted molar refractivity (Wildman–Crippen MR) is 104 cm³/mol. The number of sulfonamides is 1. The molecule has 1 aromatic heterocycles. The molecule has 3 aromatic rings. The van der Waals surface area contributed by atoms with Gasteiger partial charge in [-0.05, 0) is 29.8 Å². The Balaban J connectivity index is 1.53. The lowest BCUT2D eigenvalue weighted by Crippen LogP contribution is -2.29. The number of thiazole rings is 1. The van der Waals surface area contributed by atoms with Crippen LogP contribution in [0.1, 0.15) is 5.56 Å². The smallest absolute Gasteiger partial charge is 0.406 e. The van der Waals surface area contributed by atoms with Crippen molar-refractivity contribution in [2.75, 3.05) is 11.9 Å². The van der Waals surface area contributed by atoms with Crippen LogP contribution in [-0.2, 0) is 21.4 Å². The van der Waals surface area contributed by atoms with Gasteiger partial charge in [-0.25, -0.2) is 18.5 Å². The number of halogens is 3. The number of hydrogen-bond acceptors (Lipinski definition) is 7. The molecule has 8 nitrogen and oxygen atoms in total. The summed E-state index contributed by atoms with van der Waals surface area (Å²) < 4.78 is 63.7. The maximum atomic E-state index is 12.3. The van der Waals surface area contributed by atoms with E-state index in [1.165, 1.54) is 36.4 Å². The van der Waals surface area contributed by atoms with Gasteiger partial charge in [0.15, 0.2) is 5.13 Å². The molecule has 30 heavy (non-hydrogen) atoms. The number of rotatable bonds is 7. The van der Waals surface area contributed by atoms with E-state index in [-0.39, 0.29) is 29.6 Å². The number of ether oxygens (including phenoxy) is 1. The lowest BCUT2D eigenvalue weighted by Gasteiger charge is -2.07. The van der Waals surface area contributed by atoms with Crippen molar-refractivity contribution in [3.05, 3.63) is 48.0 Å². The van der Waals surface area contributed by atoms with Gasteiger partial charge in [0.05, 0.1) is 21.7 Å². The van der Waals surface area contributed by atoms with Gasteiger partial charge in [-0.1, -0.05) is 23.5 Å². The minimum Gasteiger partial charge on any atom is -0.406 e. The fourth-order valence-electron chi connectivity index (χ4n) is 2.39. The second kappa shape index (κ2) is 8.45. The molecule has 0 atom stereocenters. The van der Waals surface area contributed by atoms with Crippen molar-refractivity contribution in [2.45, 2.75) is 17.8 Å². The normalized spacial score (nSPS) is 12.0. The van der Waals surface area contributed by atoms with Crippen LogP contribution in [0.4, 0.5) is 18.3 Å². The van der Waals surface area contributed by atoms with Crippen LogP contribution >= 0.6 is 11.3 Å². The Morgan fingerprint density at radius 1 is 1.17 bits per heavy atom. The largest absolute Gasteiger partial charge is 0.573 e. The van der Waals surface area contributed by atoms with Gasteiger partial charge in [0.1, 0.15) is 5.75 Å². The summed E-state index contributed by atoms with van der Waals surface area (Å²) in [7, 11) is -3.78. The number of nitrogens with one attached hydrogen (secondary N) is 2. The van der Waals surface area contributed by atoms with Crippen molar-refractivity contribution in [1.29, 1.82) is 0 Å². The Morgan fingerprint density at radius 2 is 1.87 bits per heavy atom. The third-order valence-electron chi connectivity index (χ3n) is 3.74. The molecule has 0 radical (unpaired) electrons. The Labute approximate surface area is 172 Å². The molecule has 2 aromatic carbocycles. The molecule has 0 aliphatic carbocycles. The number of nitrogens with two attached hydrogens (primary N) is 1. The molecule has 4 N–H and O–H groups in total. The topological polar surface area (TPSA) is 123 Å². The summed E-state index contributed by atoms with van der Waals surface area (Å²) in [6, 6.07) is 9.51. The zero-order valence-corrected chi connectivity index (χ0v) is 16.7. The van der Waals surface area contributed by atoms with Gasteiger partial charge >= 0.3 is 6.36 Å². The van der Waals surface area contributed by atoms with Crippen LogP contribution in [0, 0.1) is 0 Å². The molecule has 0 fully saturated rings. The molecule has 0 aliphatic rings. The summed E-state index contributed by atoms with van der Waals surface area (Å²) >= 11 is 1.08. The molecule has 13 heteroatoms. The highest BCUT2D eigenvalue weighted by Gasteiger charge is 2.31. The van der Waals surface area contributed by atoms with Crippen LogP contribution in [0.25, 0.3) is 10.2 Å². The van der Waals surface area contributed by atoms with Crippen LogP contribution in [-0.4, -0.2) is 32.2 Å². The summed E-state index contributed by atoms with van der Waals surface area (Å²) in [6.07, 6.45) is -4.78. The van der Waals surface area contributed by atoms with E-state index in [0.717, 1.165) is 17.4 Å². The third-order valence-corrected chi connectivity index (χ3v) is 5.64. The van der Waals surface area contributed by atoms with E-state index in [2.05, 4.69) is 20.4 Å². The number of benzene rings is 2. The van der Waals surface area contributed by atoms with Gasteiger partial charge in [0.25, 0.3) is 0 Å². The van der Waals surface area contributed by atoms with Crippen molar-refractivity contribution >= 4 is 42.6 Å². The van der Waals surface area contributed by atoms with Crippen molar-refractivity contribution in [1.82, 2.24) is 10.3 Å². The standard InChI is InChI=1S/C17H15F3N4O4S2/c18-17(19,20)28-11-3-6-13-14(7-11)29-16(24-13)23-9-15(25)22-8-10-1-4-12(5-2-10)30(21,26)27/h1-7H,8-9H2,(H,22,25)(H,23,24)(H2,21,26,27). The first-order valence-electron chi connectivity index (χ1n) is 8.28. The molecule has 0 saturated heterocycles. The highest BCUT2D eigenvalue weighted by molar-refractivity contribution is 7.89. The van der Waals surface area contributed by atoms with Gasteiger partial charge in [0, 0.05) is 12.6 Å².